The van der Waals surface area contributed by atoms with Crippen molar-refractivity contribution in [2.45, 2.75) is 0 Å². The number of esters is 1. The smallest absolute Gasteiger partial charge is 0.316 e. The van der Waals surface area contributed by atoms with Gasteiger partial charge in [-0.05, 0) is 35.9 Å². The van der Waals surface area contributed by atoms with Gasteiger partial charge >= 0.3 is 5.97 Å². The second-order valence-corrected chi connectivity index (χ2v) is 6.48. The molecule has 7 heteroatoms. The summed E-state index contributed by atoms with van der Waals surface area (Å²) in [6, 6.07) is 16.5. The molecule has 0 aliphatic carbocycles. The molecular weight excluding hydrogens is 364 g/mol. The van der Waals surface area contributed by atoms with Gasteiger partial charge in [-0.1, -0.05) is 42.1 Å². The third kappa shape index (κ3) is 4.38. The lowest BCUT2D eigenvalue weighted by molar-refractivity contribution is -0.137. The molecule has 2 aromatic carbocycles. The Morgan fingerprint density at radius 3 is 2.44 bits per heavy atom. The number of amides is 1. The Labute approximate surface area is 161 Å². The molecule has 6 nitrogen and oxygen atoms in total. The van der Waals surface area contributed by atoms with E-state index in [1.807, 2.05) is 54.6 Å². The van der Waals surface area contributed by atoms with E-state index in [0.717, 1.165) is 23.1 Å². The predicted molar refractivity (Wildman–Crippen MR) is 107 cm³/mol. The monoisotopic (exact) mass is 382 g/mol. The fourth-order valence-corrected chi connectivity index (χ4v) is 3.28. The minimum absolute atomic E-state index is 0.0712. The van der Waals surface area contributed by atoms with Crippen LogP contribution in [0.3, 0.4) is 0 Å². The third-order valence-electron chi connectivity index (χ3n) is 3.81. The molecule has 0 N–H and O–H groups in total. The van der Waals surface area contributed by atoms with Crippen molar-refractivity contribution in [3.63, 3.8) is 0 Å². The Morgan fingerprint density at radius 1 is 1.11 bits per heavy atom. The first-order chi connectivity index (χ1) is 13.1. The fraction of sp³-hybridized carbons (Fsp3) is 0.150. The highest BCUT2D eigenvalue weighted by Gasteiger charge is 2.32. The average Bonchev–Trinajstić information content (AvgIpc) is 3.02. The number of aliphatic imine (C=N–C) groups is 1. The normalized spacial score (nSPS) is 15.0. The second-order valence-electron chi connectivity index (χ2n) is 5.54. The van der Waals surface area contributed by atoms with Crippen LogP contribution in [0.1, 0.15) is 5.56 Å². The van der Waals surface area contributed by atoms with Crippen LogP contribution in [0.5, 0.6) is 5.75 Å². The zero-order valence-electron chi connectivity index (χ0n) is 14.9. The molecule has 1 amide bonds. The molecule has 0 radical (unpaired) electrons. The lowest BCUT2D eigenvalue weighted by Gasteiger charge is -2.17. The van der Waals surface area contributed by atoms with E-state index in [9.17, 15) is 9.59 Å². The fourth-order valence-electron chi connectivity index (χ4n) is 2.44. The van der Waals surface area contributed by atoms with E-state index in [1.165, 1.54) is 12.0 Å². The molecule has 0 aromatic heterocycles. The van der Waals surface area contributed by atoms with E-state index in [1.54, 1.807) is 13.2 Å². The number of hydrogen-bond donors (Lipinski definition) is 0. The maximum Gasteiger partial charge on any atom is 0.316 e. The van der Waals surface area contributed by atoms with Gasteiger partial charge in [0.25, 0.3) is 5.91 Å². The first-order valence-corrected chi connectivity index (χ1v) is 9.14. The molecule has 0 spiro atoms. The molecule has 0 saturated heterocycles. The predicted octanol–water partition coefficient (Wildman–Crippen LogP) is 3.35. The van der Waals surface area contributed by atoms with Crippen LogP contribution >= 0.6 is 11.8 Å². The van der Waals surface area contributed by atoms with Crippen LogP contribution in [-0.2, 0) is 14.3 Å². The van der Waals surface area contributed by atoms with Crippen LogP contribution in [0.25, 0.3) is 6.08 Å². The number of amidine groups is 1. The van der Waals surface area contributed by atoms with Gasteiger partial charge in [0, 0.05) is 0 Å². The summed E-state index contributed by atoms with van der Waals surface area (Å²) in [4.78, 5) is 30.4. The number of methoxy groups -OCH3 is 2. The molecule has 0 saturated carbocycles. The molecule has 0 atom stereocenters. The number of anilines is 1. The molecule has 1 aliphatic rings. The van der Waals surface area contributed by atoms with E-state index in [2.05, 4.69) is 9.73 Å². The number of carbonyl (C=O) groups is 2. The lowest BCUT2D eigenvalue weighted by Crippen LogP contribution is -2.30. The molecule has 27 heavy (non-hydrogen) atoms. The Kier molecular flexibility index (Phi) is 5.93. The maximum atomic E-state index is 12.9. The van der Waals surface area contributed by atoms with Crippen molar-refractivity contribution in [1.82, 2.24) is 0 Å². The first kappa shape index (κ1) is 18.7. The van der Waals surface area contributed by atoms with Crippen molar-refractivity contribution in [1.29, 1.82) is 0 Å². The van der Waals surface area contributed by atoms with Crippen molar-refractivity contribution in [2.75, 3.05) is 24.9 Å². The van der Waals surface area contributed by atoms with Crippen molar-refractivity contribution >= 4 is 40.6 Å². The van der Waals surface area contributed by atoms with Crippen molar-refractivity contribution < 1.29 is 19.1 Å². The standard InChI is InChI=1S/C20H18N2O4S/c1-25-16-10-8-14(9-11-16)12-17-19(24)22(15-6-4-3-5-7-15)20(21-17)27-13-18(23)26-2/h3-12H,13H2,1-2H3/b17-12+. The van der Waals surface area contributed by atoms with Crippen LogP contribution in [0, 0.1) is 0 Å². The summed E-state index contributed by atoms with van der Waals surface area (Å²) >= 11 is 1.16. The van der Waals surface area contributed by atoms with Crippen LogP contribution in [-0.4, -0.2) is 37.0 Å². The van der Waals surface area contributed by atoms with Crippen LogP contribution in [0.2, 0.25) is 0 Å². The minimum atomic E-state index is -0.379. The number of rotatable bonds is 5. The molecule has 2 aromatic rings. The Morgan fingerprint density at radius 2 is 1.81 bits per heavy atom. The van der Waals surface area contributed by atoms with Crippen LogP contribution in [0.4, 0.5) is 5.69 Å². The summed E-state index contributed by atoms with van der Waals surface area (Å²) in [6.07, 6.45) is 1.71. The Balaban J connectivity index is 1.92. The second kappa shape index (κ2) is 8.55. The molecular formula is C20H18N2O4S. The zero-order chi connectivity index (χ0) is 19.2. The number of nitrogens with zero attached hydrogens (tertiary/aromatic N) is 2. The number of thioether (sulfide) groups is 1. The summed E-state index contributed by atoms with van der Waals surface area (Å²) < 4.78 is 9.82. The van der Waals surface area contributed by atoms with Gasteiger partial charge < -0.3 is 9.47 Å². The molecule has 138 valence electrons. The molecule has 0 unspecified atom stereocenters. The summed E-state index contributed by atoms with van der Waals surface area (Å²) in [7, 11) is 2.93. The Hall–Kier alpha value is -3.06. The third-order valence-corrected chi connectivity index (χ3v) is 4.72. The molecule has 0 fully saturated rings. The number of benzene rings is 2. The summed E-state index contributed by atoms with van der Waals surface area (Å²) in [6.45, 7) is 0. The van der Waals surface area contributed by atoms with Crippen molar-refractivity contribution in [3.05, 3.63) is 65.9 Å². The minimum Gasteiger partial charge on any atom is -0.497 e. The molecule has 1 aliphatic heterocycles. The van der Waals surface area contributed by atoms with Crippen LogP contribution < -0.4 is 9.64 Å². The van der Waals surface area contributed by atoms with E-state index < -0.39 is 0 Å². The number of carbonyl (C=O) groups excluding carboxylic acids is 2. The van der Waals surface area contributed by atoms with Gasteiger partial charge in [0.15, 0.2) is 5.17 Å². The van der Waals surface area contributed by atoms with E-state index in [-0.39, 0.29) is 17.6 Å². The number of ether oxygens (including phenoxy) is 2. The molecule has 1 heterocycles. The zero-order valence-corrected chi connectivity index (χ0v) is 15.7. The topological polar surface area (TPSA) is 68.2 Å². The van der Waals surface area contributed by atoms with Gasteiger partial charge in [-0.2, -0.15) is 0 Å². The summed E-state index contributed by atoms with van der Waals surface area (Å²) in [5.74, 6) is 0.181. The SMILES string of the molecule is COC(=O)CSC1=N/C(=C/c2ccc(OC)cc2)C(=O)N1c1ccccc1. The average molecular weight is 382 g/mol. The van der Waals surface area contributed by atoms with Gasteiger partial charge in [-0.15, -0.1) is 0 Å². The first-order valence-electron chi connectivity index (χ1n) is 8.16. The number of hydrogen-bond acceptors (Lipinski definition) is 6. The van der Waals surface area contributed by atoms with E-state index in [4.69, 9.17) is 4.74 Å². The van der Waals surface area contributed by atoms with E-state index >= 15 is 0 Å². The highest BCUT2D eigenvalue weighted by atomic mass is 32.2. The van der Waals surface area contributed by atoms with Crippen molar-refractivity contribution in [2.24, 2.45) is 4.99 Å². The van der Waals surface area contributed by atoms with Crippen LogP contribution in [0.15, 0.2) is 65.3 Å². The van der Waals surface area contributed by atoms with Crippen molar-refractivity contribution in [3.8, 4) is 5.75 Å². The highest BCUT2D eigenvalue weighted by molar-refractivity contribution is 8.14. The molecule has 0 bridgehead atoms. The number of para-hydroxylation sites is 1. The maximum absolute atomic E-state index is 12.9. The van der Waals surface area contributed by atoms with E-state index in [0.29, 0.717) is 16.6 Å². The van der Waals surface area contributed by atoms with Gasteiger partial charge in [0.2, 0.25) is 0 Å². The summed E-state index contributed by atoms with van der Waals surface area (Å²) in [5, 5.41) is 0.441. The lowest BCUT2D eigenvalue weighted by atomic mass is 10.2. The van der Waals surface area contributed by atoms with Gasteiger partial charge in [0.05, 0.1) is 25.7 Å². The van der Waals surface area contributed by atoms with Gasteiger partial charge in [-0.25, -0.2) is 4.99 Å². The Bertz CT molecular complexity index is 892. The largest absolute Gasteiger partial charge is 0.497 e. The highest BCUT2D eigenvalue weighted by Crippen LogP contribution is 2.29. The summed E-state index contributed by atoms with van der Waals surface area (Å²) in [5.41, 5.74) is 1.82. The quantitative estimate of drug-likeness (QED) is 0.586. The van der Waals surface area contributed by atoms with Gasteiger partial charge in [-0.3, -0.25) is 14.5 Å². The van der Waals surface area contributed by atoms with Gasteiger partial charge in [0.1, 0.15) is 11.4 Å². The molecule has 3 rings (SSSR count).